The Balaban J connectivity index is 0.000000177. The van der Waals surface area contributed by atoms with Crippen LogP contribution in [0.4, 0.5) is 0 Å². The number of fused-ring (bicyclic) bond motifs is 7. The smallest absolute Gasteiger partial charge is 0.313 e. The number of aliphatic hydroxyl groups excluding tert-OH is 2. The molecule has 1 unspecified atom stereocenters. The highest BCUT2D eigenvalue weighted by Gasteiger charge is 2.26. The summed E-state index contributed by atoms with van der Waals surface area (Å²) in [6, 6.07) is 41.5. The quantitative estimate of drug-likeness (QED) is 0.0168. The van der Waals surface area contributed by atoms with Crippen LogP contribution >= 0.6 is 0 Å². The number of ether oxygens (including phenoxy) is 2. The Morgan fingerprint density at radius 1 is 0.405 bits per heavy atom. The number of hydrogen-bond donors (Lipinski definition) is 20. The zero-order valence-electron chi connectivity index (χ0n) is 64.7. The van der Waals surface area contributed by atoms with Gasteiger partial charge in [0.05, 0.1) is 85.9 Å². The van der Waals surface area contributed by atoms with Crippen LogP contribution in [0.5, 0.6) is 97.7 Å². The summed E-state index contributed by atoms with van der Waals surface area (Å²) in [6.45, 7) is 7.63. The molecule has 1 atom stereocenters. The lowest BCUT2D eigenvalue weighted by Gasteiger charge is -2.12. The van der Waals surface area contributed by atoms with Crippen molar-refractivity contribution in [3.63, 3.8) is 0 Å². The van der Waals surface area contributed by atoms with E-state index in [0.717, 1.165) is 42.3 Å². The van der Waals surface area contributed by atoms with Gasteiger partial charge in [-0.15, -0.1) is 0 Å². The first-order chi connectivity index (χ1) is 56.7. The number of ketones is 4. The highest BCUT2D eigenvalue weighted by molar-refractivity contribution is 7.86. The number of carbonyl (C=O) groups is 6. The summed E-state index contributed by atoms with van der Waals surface area (Å²) in [5, 5.41) is 178. The number of carbonyl (C=O) groups excluding carboxylic acids is 6. The Bertz CT molecular complexity index is 6640. The van der Waals surface area contributed by atoms with E-state index in [4.69, 9.17) is 18.9 Å². The number of hydrogen-bond acceptors (Lipinski definition) is 30. The van der Waals surface area contributed by atoms with Crippen molar-refractivity contribution in [2.45, 2.75) is 70.0 Å². The van der Waals surface area contributed by atoms with Gasteiger partial charge in [0.2, 0.25) is 0 Å². The summed E-state index contributed by atoms with van der Waals surface area (Å²) < 4.78 is 71.3. The minimum absolute atomic E-state index is 0.00958. The lowest BCUT2D eigenvalue weighted by molar-refractivity contribution is -0.139. The molecular formula is C87H78O32S2. The van der Waals surface area contributed by atoms with Crippen LogP contribution in [0.1, 0.15) is 90.4 Å². The van der Waals surface area contributed by atoms with Gasteiger partial charge in [-0.1, -0.05) is 54.6 Å². The monoisotopic (exact) mass is 1700 g/mol. The van der Waals surface area contributed by atoms with E-state index < -0.39 is 83.1 Å². The van der Waals surface area contributed by atoms with Crippen LogP contribution in [0.3, 0.4) is 0 Å². The highest BCUT2D eigenvalue weighted by atomic mass is 32.2. The van der Waals surface area contributed by atoms with Crippen molar-refractivity contribution in [1.29, 1.82) is 0 Å². The average molecular weight is 1700 g/mol. The molecule has 14 rings (SSSR count). The van der Waals surface area contributed by atoms with Gasteiger partial charge in [-0.3, -0.25) is 37.9 Å². The second-order valence-electron chi connectivity index (χ2n) is 27.0. The number of Topliss-reactive ketones (excluding diaryl/α,β-unsaturated/α-hetero) is 4. The molecular weight excluding hydrogens is 1620 g/mol. The fraction of sp³-hybridized carbons (Fsp3) is 0.126. The second-order valence-corrected chi connectivity index (χ2v) is 29.8. The maximum atomic E-state index is 12.1. The molecule has 14 aromatic rings. The second kappa shape index (κ2) is 38.0. The van der Waals surface area contributed by atoms with Crippen molar-refractivity contribution in [2.24, 2.45) is 0 Å². The third-order valence-electron chi connectivity index (χ3n) is 18.0. The predicted octanol–water partition coefficient (Wildman–Crippen LogP) is 13.4. The number of aliphatic hydroxyl groups is 2. The number of phenolic OH excluding ortho intramolecular Hbond substituents is 16. The van der Waals surface area contributed by atoms with Gasteiger partial charge in [0.1, 0.15) is 122 Å². The van der Waals surface area contributed by atoms with Crippen LogP contribution < -0.4 is 4.74 Å². The van der Waals surface area contributed by atoms with Gasteiger partial charge in [-0.2, -0.15) is 16.8 Å². The van der Waals surface area contributed by atoms with Crippen LogP contribution in [0.2, 0.25) is 0 Å². The van der Waals surface area contributed by atoms with Crippen molar-refractivity contribution in [1.82, 2.24) is 0 Å². The van der Waals surface area contributed by atoms with Gasteiger partial charge >= 0.3 is 5.97 Å². The fourth-order valence-electron chi connectivity index (χ4n) is 12.8. The van der Waals surface area contributed by atoms with E-state index in [1.165, 1.54) is 75.6 Å². The molecule has 0 saturated heterocycles. The number of aryl methyl sites for hydroxylation is 3. The molecule has 20 N–H and O–H groups in total. The average Bonchev–Trinajstić information content (AvgIpc) is 0.775. The van der Waals surface area contributed by atoms with Gasteiger partial charge in [0.25, 0.3) is 20.2 Å². The molecule has 0 fully saturated rings. The van der Waals surface area contributed by atoms with E-state index in [1.54, 1.807) is 86.6 Å². The lowest BCUT2D eigenvalue weighted by Crippen LogP contribution is -2.15. The van der Waals surface area contributed by atoms with Crippen LogP contribution in [0.15, 0.2) is 186 Å². The van der Waals surface area contributed by atoms with Crippen molar-refractivity contribution < 1.29 is 156 Å². The maximum absolute atomic E-state index is 12.1. The number of phenols is 16. The minimum atomic E-state index is -4.63. The van der Waals surface area contributed by atoms with Gasteiger partial charge in [0, 0.05) is 41.5 Å². The summed E-state index contributed by atoms with van der Waals surface area (Å²) >= 11 is 0. The maximum Gasteiger partial charge on any atom is 0.313 e. The summed E-state index contributed by atoms with van der Waals surface area (Å²) in [5.41, 5.74) is 3.05. The van der Waals surface area contributed by atoms with Crippen molar-refractivity contribution in [2.75, 3.05) is 14.2 Å². The standard InChI is InChI=1S/C15H14O6.C15H14O5.C14H14O5.C11H10O3.C11H8O3.C11H10O2.C10H8O8S2/c1-7-3-8-4-9(16)5-10(17)14(8)15(20)13(7)11(18)6-12(19)21-2;1-7-3-9-5-10(17)6-12(19)14(9)15(20)13(7)11(18)4-8(2)16;1-7(15)14(18)9-3-8-4-10(19-2)6-12(17)13(8)11(16)5-9;2*12-6-7-4-8-2-1-3-9(13)11(8)10(14)5-7;1-7-5-8-3-2-4-9(12)11(8)10(13)6-7;11-8-3-6(19(13,14)15)1-5-2-7(20(16,17)18)4-9(12)10(5)8/h3-5,16-17,20H,6H2,1-2H3;3,5-6,17,19-20H,4H2,1-2H3;3-7,15-17H,1-2H3;1-5,12-14H,6H2;1-6,13-14H;2-6,12-13H,1H3;1-4,11-12H,(H,13,14,15)(H,16,17,18). The minimum Gasteiger partial charge on any atom is -0.508 e. The third-order valence-corrected chi connectivity index (χ3v) is 19.7. The van der Waals surface area contributed by atoms with Crippen molar-refractivity contribution in [3.8, 4) is 97.7 Å². The number of benzene rings is 14. The zero-order valence-corrected chi connectivity index (χ0v) is 66.3. The summed E-state index contributed by atoms with van der Waals surface area (Å²) in [5.74, 6) is -5.46. The molecule has 0 aliphatic heterocycles. The molecule has 121 heavy (non-hydrogen) atoms. The molecule has 0 spiro atoms. The fourth-order valence-corrected chi connectivity index (χ4v) is 13.8. The molecule has 32 nitrogen and oxygen atoms in total. The molecule has 0 saturated carbocycles. The Labute approximate surface area is 686 Å². The first-order valence-electron chi connectivity index (χ1n) is 35.3. The molecule has 0 bridgehead atoms. The van der Waals surface area contributed by atoms with Gasteiger partial charge in [0.15, 0.2) is 17.3 Å². The van der Waals surface area contributed by atoms with E-state index >= 15 is 0 Å². The molecule has 14 aromatic carbocycles. The molecule has 0 aromatic heterocycles. The SMILES string of the molecule is CC(=O)CC(=O)c1c(C)cc2cc(O)cc(O)c2c1O.COC(=O)CC(=O)c1c(C)cc2cc(O)cc(O)c2c1O.COc1cc(O)c2c(O)cc(C(=O)C(C)O)cc2c1.Cc1cc(O)c2c(O)cccc2c1.O=Cc1cc(O)c2c(O)cccc2c1.O=S(=O)(O)c1cc(O)c2c(O)cc(S(=O)(=O)O)cc2c1.OCc1cc(O)c2c(O)cccc2c1. The number of methoxy groups -OCH3 is 2. The van der Waals surface area contributed by atoms with Gasteiger partial charge < -0.3 is 101 Å². The van der Waals surface area contributed by atoms with Gasteiger partial charge in [-0.05, 0) is 186 Å². The summed E-state index contributed by atoms with van der Waals surface area (Å²) in [4.78, 5) is 67.2. The van der Waals surface area contributed by atoms with Crippen LogP contribution in [0.25, 0.3) is 75.4 Å². The highest BCUT2D eigenvalue weighted by Crippen LogP contribution is 2.45. The molecule has 0 heterocycles. The first kappa shape index (κ1) is 91.6. The summed E-state index contributed by atoms with van der Waals surface area (Å²) in [7, 11) is -6.65. The zero-order chi connectivity index (χ0) is 89.9. The van der Waals surface area contributed by atoms with Gasteiger partial charge in [-0.25, -0.2) is 0 Å². The topological polar surface area (TPSA) is 594 Å². The Morgan fingerprint density at radius 3 is 1.21 bits per heavy atom. The molecule has 0 amide bonds. The molecule has 0 radical (unpaired) electrons. The van der Waals surface area contributed by atoms with E-state index in [0.29, 0.717) is 89.5 Å². The van der Waals surface area contributed by atoms with Crippen LogP contribution in [-0.2, 0) is 41.2 Å². The van der Waals surface area contributed by atoms with E-state index in [9.17, 15) is 132 Å². The Kier molecular flexibility index (Phi) is 28.7. The molecule has 630 valence electrons. The Morgan fingerprint density at radius 2 is 0.785 bits per heavy atom. The number of esters is 1. The largest absolute Gasteiger partial charge is 0.508 e. The third kappa shape index (κ3) is 21.6. The number of aromatic hydroxyl groups is 16. The molecule has 0 aliphatic carbocycles. The molecule has 34 heteroatoms. The van der Waals surface area contributed by atoms with E-state index in [-0.39, 0.29) is 137 Å². The van der Waals surface area contributed by atoms with E-state index in [2.05, 4.69) is 4.74 Å². The van der Waals surface area contributed by atoms with Crippen molar-refractivity contribution >= 4 is 131 Å². The number of aldehydes is 1. The normalized spacial score (nSPS) is 11.2. The first-order valence-corrected chi connectivity index (χ1v) is 38.2. The Hall–Kier alpha value is -14.9. The molecule has 0 aliphatic rings. The van der Waals surface area contributed by atoms with Crippen LogP contribution in [0, 0.1) is 20.8 Å². The van der Waals surface area contributed by atoms with E-state index in [1.807, 2.05) is 19.1 Å². The number of rotatable bonds is 13. The predicted molar refractivity (Wildman–Crippen MR) is 443 cm³/mol. The summed E-state index contributed by atoms with van der Waals surface area (Å²) in [6.07, 6.45) is -1.31. The lowest BCUT2D eigenvalue weighted by atomic mass is 9.95. The van der Waals surface area contributed by atoms with Crippen molar-refractivity contribution in [3.05, 3.63) is 220 Å². The van der Waals surface area contributed by atoms with Crippen LogP contribution in [-0.4, -0.2) is 174 Å².